The molecule has 0 aromatic carbocycles. The molecule has 0 saturated carbocycles. The van der Waals surface area contributed by atoms with Crippen molar-refractivity contribution in [1.82, 2.24) is 29.6 Å². The quantitative estimate of drug-likeness (QED) is 0.325. The Morgan fingerprint density at radius 1 is 1.18 bits per heavy atom. The van der Waals surface area contributed by atoms with Crippen LogP contribution in [-0.4, -0.2) is 86.8 Å². The Labute approximate surface area is 228 Å². The van der Waals surface area contributed by atoms with E-state index in [0.29, 0.717) is 41.9 Å². The van der Waals surface area contributed by atoms with Crippen molar-refractivity contribution in [3.8, 4) is 5.75 Å². The van der Waals surface area contributed by atoms with E-state index in [-0.39, 0.29) is 5.95 Å². The molecule has 0 bridgehead atoms. The Morgan fingerprint density at radius 2 is 1.97 bits per heavy atom. The van der Waals surface area contributed by atoms with Crippen LogP contribution >= 0.6 is 0 Å². The van der Waals surface area contributed by atoms with Gasteiger partial charge in [-0.1, -0.05) is 13.3 Å². The van der Waals surface area contributed by atoms with Gasteiger partial charge in [-0.25, -0.2) is 9.78 Å². The van der Waals surface area contributed by atoms with Gasteiger partial charge in [0.05, 0.1) is 19.9 Å². The zero-order chi connectivity index (χ0) is 27.2. The van der Waals surface area contributed by atoms with Crippen LogP contribution in [0.1, 0.15) is 62.6 Å². The van der Waals surface area contributed by atoms with Crippen molar-refractivity contribution < 1.29 is 19.4 Å². The van der Waals surface area contributed by atoms with Crippen molar-refractivity contribution in [2.75, 3.05) is 50.6 Å². The number of nitrogens with one attached hydrogen (secondary N) is 2. The van der Waals surface area contributed by atoms with Gasteiger partial charge >= 0.3 is 6.09 Å². The second-order valence-electron chi connectivity index (χ2n) is 10.2. The highest BCUT2D eigenvalue weighted by molar-refractivity contribution is 5.89. The maximum Gasteiger partial charge on any atom is 0.411 e. The first-order chi connectivity index (χ1) is 19.1. The van der Waals surface area contributed by atoms with Crippen LogP contribution in [0.3, 0.4) is 0 Å². The molecule has 12 heteroatoms. The van der Waals surface area contributed by atoms with Gasteiger partial charge in [-0.15, -0.1) is 0 Å². The molecular weight excluding hydrogens is 500 g/mol. The molecule has 210 valence electrons. The lowest BCUT2D eigenvalue weighted by atomic mass is 9.91. The molecule has 3 N–H and O–H groups in total. The number of anilines is 2. The highest BCUT2D eigenvalue weighted by Crippen LogP contribution is 2.33. The molecule has 2 saturated heterocycles. The number of likely N-dealkylation sites (tertiary alicyclic amines) is 1. The summed E-state index contributed by atoms with van der Waals surface area (Å²) in [6.45, 7) is 7.16. The van der Waals surface area contributed by atoms with Crippen LogP contribution in [-0.2, 0) is 11.3 Å². The molecule has 3 aromatic rings. The Bertz CT molecular complexity index is 1270. The summed E-state index contributed by atoms with van der Waals surface area (Å²) >= 11 is 0. The van der Waals surface area contributed by atoms with Crippen LogP contribution in [0.15, 0.2) is 18.5 Å². The minimum atomic E-state index is -1.22. The molecule has 3 aromatic heterocycles. The summed E-state index contributed by atoms with van der Waals surface area (Å²) < 4.78 is 13.1. The van der Waals surface area contributed by atoms with E-state index in [1.54, 1.807) is 18.0 Å². The van der Waals surface area contributed by atoms with Crippen molar-refractivity contribution in [3.05, 3.63) is 29.7 Å². The zero-order valence-corrected chi connectivity index (χ0v) is 22.7. The van der Waals surface area contributed by atoms with Gasteiger partial charge in [-0.3, -0.25) is 15.0 Å². The molecule has 0 aliphatic carbocycles. The molecule has 0 unspecified atom stereocenters. The number of pyridine rings is 1. The SMILES string of the molecule is CCCCNc1nc(NC(=O)O)nc2cnn(Cc3cnc(C4CCN(C5CCOCC5)CC4)cc3OC)c12. The number of carboxylic acid groups (broad SMARTS) is 1. The van der Waals surface area contributed by atoms with Crippen LogP contribution in [0, 0.1) is 0 Å². The van der Waals surface area contributed by atoms with E-state index in [1.807, 2.05) is 6.20 Å². The van der Waals surface area contributed by atoms with Crippen molar-refractivity contribution >= 4 is 28.9 Å². The largest absolute Gasteiger partial charge is 0.496 e. The van der Waals surface area contributed by atoms with Crippen LogP contribution in [0.5, 0.6) is 5.75 Å². The normalized spacial score (nSPS) is 17.4. The van der Waals surface area contributed by atoms with Crippen LogP contribution in [0.25, 0.3) is 11.0 Å². The molecule has 0 atom stereocenters. The Hall–Kier alpha value is -3.51. The summed E-state index contributed by atoms with van der Waals surface area (Å²) in [5.74, 6) is 1.74. The number of ether oxygens (including phenoxy) is 2. The topological polar surface area (TPSA) is 140 Å². The van der Waals surface area contributed by atoms with Gasteiger partial charge in [-0.2, -0.15) is 10.1 Å². The van der Waals surface area contributed by atoms with Crippen molar-refractivity contribution in [3.63, 3.8) is 0 Å². The van der Waals surface area contributed by atoms with Crippen LogP contribution in [0.4, 0.5) is 16.6 Å². The van der Waals surface area contributed by atoms with Gasteiger partial charge in [0.2, 0.25) is 5.95 Å². The summed E-state index contributed by atoms with van der Waals surface area (Å²) in [6, 6.07) is 2.72. The predicted octanol–water partition coefficient (Wildman–Crippen LogP) is 3.94. The standard InChI is InChI=1S/C27H38N8O4/c1-3-4-9-28-25-24-22(31-26(32-25)33-27(36)37)16-30-35(24)17-19-15-29-21(14-23(19)38-2)18-5-10-34(11-6-18)20-7-12-39-13-8-20/h14-16,18,20H,3-13,17H2,1-2H3,(H,36,37)(H2,28,31,32,33). The number of fused-ring (bicyclic) bond motifs is 1. The first-order valence-electron chi connectivity index (χ1n) is 13.9. The van der Waals surface area contributed by atoms with E-state index < -0.39 is 6.09 Å². The number of carbonyl (C=O) groups is 1. The molecule has 39 heavy (non-hydrogen) atoms. The Morgan fingerprint density at radius 3 is 2.69 bits per heavy atom. The van der Waals surface area contributed by atoms with Crippen LogP contribution < -0.4 is 15.4 Å². The molecule has 2 fully saturated rings. The predicted molar refractivity (Wildman–Crippen MR) is 148 cm³/mol. The first kappa shape index (κ1) is 27.1. The lowest BCUT2D eigenvalue weighted by molar-refractivity contribution is 0.0250. The number of methoxy groups -OCH3 is 1. The molecule has 1 amide bonds. The van der Waals surface area contributed by atoms with Gasteiger partial charge in [0, 0.05) is 55.2 Å². The van der Waals surface area contributed by atoms with E-state index in [0.717, 1.165) is 81.8 Å². The second kappa shape index (κ2) is 12.6. The third-order valence-electron chi connectivity index (χ3n) is 7.69. The second-order valence-corrected chi connectivity index (χ2v) is 10.2. The number of piperidine rings is 1. The van der Waals surface area contributed by atoms with Crippen molar-refractivity contribution in [2.45, 2.75) is 64.0 Å². The van der Waals surface area contributed by atoms with E-state index in [1.165, 1.54) is 0 Å². The average Bonchev–Trinajstić information content (AvgIpc) is 3.36. The van der Waals surface area contributed by atoms with E-state index >= 15 is 0 Å². The molecule has 2 aliphatic rings. The molecule has 0 radical (unpaired) electrons. The number of hydrogen-bond donors (Lipinski definition) is 3. The first-order valence-corrected chi connectivity index (χ1v) is 13.9. The molecule has 5 rings (SSSR count). The van der Waals surface area contributed by atoms with Gasteiger partial charge in [0.25, 0.3) is 0 Å². The zero-order valence-electron chi connectivity index (χ0n) is 22.7. The number of amides is 1. The summed E-state index contributed by atoms with van der Waals surface area (Å²) in [5, 5.41) is 19.2. The number of nitrogens with zero attached hydrogens (tertiary/aromatic N) is 6. The number of unbranched alkanes of at least 4 members (excludes halogenated alkanes) is 1. The monoisotopic (exact) mass is 538 g/mol. The van der Waals surface area contributed by atoms with Crippen molar-refractivity contribution in [1.29, 1.82) is 0 Å². The molecule has 5 heterocycles. The summed E-state index contributed by atoms with van der Waals surface area (Å²) in [5.41, 5.74) is 3.22. The van der Waals surface area contributed by atoms with Gasteiger partial charge in [0.15, 0.2) is 5.82 Å². The van der Waals surface area contributed by atoms with Crippen molar-refractivity contribution in [2.24, 2.45) is 0 Å². The molecule has 2 aliphatic heterocycles. The Kier molecular flexibility index (Phi) is 8.72. The summed E-state index contributed by atoms with van der Waals surface area (Å²) in [6.07, 6.45) is 8.71. The third kappa shape index (κ3) is 6.39. The van der Waals surface area contributed by atoms with Gasteiger partial charge in [0.1, 0.15) is 16.8 Å². The van der Waals surface area contributed by atoms with Gasteiger partial charge in [-0.05, 0) is 45.2 Å². The smallest absolute Gasteiger partial charge is 0.411 e. The maximum absolute atomic E-state index is 11.2. The number of aromatic nitrogens is 5. The highest BCUT2D eigenvalue weighted by atomic mass is 16.5. The summed E-state index contributed by atoms with van der Waals surface area (Å²) in [4.78, 5) is 27.4. The van der Waals surface area contributed by atoms with Crippen LogP contribution in [0.2, 0.25) is 0 Å². The molecule has 0 spiro atoms. The molecular formula is C27H38N8O4. The number of hydrogen-bond acceptors (Lipinski definition) is 9. The Balaban J connectivity index is 1.33. The maximum atomic E-state index is 11.2. The summed E-state index contributed by atoms with van der Waals surface area (Å²) in [7, 11) is 1.68. The van der Waals surface area contributed by atoms with Gasteiger partial charge < -0.3 is 24.8 Å². The lowest BCUT2D eigenvalue weighted by Gasteiger charge is -2.39. The fraction of sp³-hybridized carbons (Fsp3) is 0.593. The minimum absolute atomic E-state index is 0.0139. The molecule has 12 nitrogen and oxygen atoms in total. The third-order valence-corrected chi connectivity index (χ3v) is 7.69. The fourth-order valence-corrected chi connectivity index (χ4v) is 5.56. The average molecular weight is 539 g/mol. The number of rotatable bonds is 10. The minimum Gasteiger partial charge on any atom is -0.496 e. The van der Waals surface area contributed by atoms with E-state index in [4.69, 9.17) is 19.6 Å². The van der Waals surface area contributed by atoms with E-state index in [9.17, 15) is 4.79 Å². The lowest BCUT2D eigenvalue weighted by Crippen LogP contribution is -2.43. The highest BCUT2D eigenvalue weighted by Gasteiger charge is 2.28. The van der Waals surface area contributed by atoms with E-state index in [2.05, 4.69) is 43.6 Å². The fourth-order valence-electron chi connectivity index (χ4n) is 5.56.